The summed E-state index contributed by atoms with van der Waals surface area (Å²) in [5.74, 6) is 0. The lowest BCUT2D eigenvalue weighted by Crippen LogP contribution is -2.20. The van der Waals surface area contributed by atoms with Crippen LogP contribution in [0.3, 0.4) is 0 Å². The van der Waals surface area contributed by atoms with Gasteiger partial charge in [0.1, 0.15) is 0 Å². The summed E-state index contributed by atoms with van der Waals surface area (Å²) in [6, 6.07) is 0. The molecule has 0 saturated carbocycles. The molecule has 1 N–H and O–H groups in total. The van der Waals surface area contributed by atoms with Crippen molar-refractivity contribution < 1.29 is 13.5 Å². The second-order valence-electron chi connectivity index (χ2n) is 11.9. The first kappa shape index (κ1) is 38.1. The van der Waals surface area contributed by atoms with Gasteiger partial charge in [-0.1, -0.05) is 81.5 Å². The highest BCUT2D eigenvalue weighted by molar-refractivity contribution is 7.91. The third kappa shape index (κ3) is 20.9. The van der Waals surface area contributed by atoms with Crippen LogP contribution in [0.2, 0.25) is 0 Å². The Morgan fingerprint density at radius 3 is 1.27 bits per heavy atom. The summed E-state index contributed by atoms with van der Waals surface area (Å²) in [4.78, 5) is 0. The summed E-state index contributed by atoms with van der Waals surface area (Å²) in [7, 11) is -3.18. The Hall–Kier alpha value is -1.91. The molecule has 40 heavy (non-hydrogen) atoms. The fraction of sp³-hybridized carbons (Fsp3) is 0.611. The highest BCUT2D eigenvalue weighted by atomic mass is 32.2. The molecule has 0 aromatic rings. The predicted octanol–water partition coefficient (Wildman–Crippen LogP) is 10.3. The van der Waals surface area contributed by atoms with Gasteiger partial charge in [-0.25, -0.2) is 8.42 Å². The first-order valence-electron chi connectivity index (χ1n) is 15.1. The molecule has 3 nitrogen and oxygen atoms in total. The molecule has 0 rings (SSSR count). The summed E-state index contributed by atoms with van der Waals surface area (Å²) in [5, 5.41) is 8.52. The van der Waals surface area contributed by atoms with E-state index in [1.165, 1.54) is 34.1 Å². The van der Waals surface area contributed by atoms with Gasteiger partial charge in [0.2, 0.25) is 0 Å². The summed E-state index contributed by atoms with van der Waals surface area (Å²) in [6.07, 6.45) is 27.5. The Morgan fingerprint density at radius 2 is 0.900 bits per heavy atom. The van der Waals surface area contributed by atoms with E-state index in [1.54, 1.807) is 6.08 Å². The molecular formula is C36H60O3S. The molecule has 0 aliphatic heterocycles. The lowest BCUT2D eigenvalue weighted by Gasteiger charge is -2.15. The van der Waals surface area contributed by atoms with E-state index in [4.69, 9.17) is 5.11 Å². The van der Waals surface area contributed by atoms with Gasteiger partial charge in [-0.05, 0) is 126 Å². The number of rotatable bonds is 20. The molecular weight excluding hydrogens is 512 g/mol. The van der Waals surface area contributed by atoms with Gasteiger partial charge in [-0.2, -0.15) is 0 Å². The Balaban J connectivity index is 4.64. The van der Waals surface area contributed by atoms with Crippen LogP contribution in [0.25, 0.3) is 0 Å². The molecule has 4 heteroatoms. The van der Waals surface area contributed by atoms with Crippen molar-refractivity contribution in [3.63, 3.8) is 0 Å². The van der Waals surface area contributed by atoms with Crippen LogP contribution in [0.5, 0.6) is 0 Å². The van der Waals surface area contributed by atoms with Crippen LogP contribution in [0.15, 0.2) is 81.5 Å². The lowest BCUT2D eigenvalue weighted by atomic mass is 10.0. The monoisotopic (exact) mass is 572 g/mol. The van der Waals surface area contributed by atoms with E-state index in [-0.39, 0.29) is 6.61 Å². The first-order chi connectivity index (χ1) is 18.8. The fourth-order valence-electron chi connectivity index (χ4n) is 4.56. The number of hydrogen-bond acceptors (Lipinski definition) is 3. The molecule has 0 aliphatic carbocycles. The van der Waals surface area contributed by atoms with Gasteiger partial charge < -0.3 is 5.11 Å². The second kappa shape index (κ2) is 21.8. The van der Waals surface area contributed by atoms with E-state index in [0.717, 1.165) is 75.4 Å². The SMILES string of the molecule is CC(C)=CCCC(C)=CCCC(C)=CCCC(C)=CCC/C(C)=C/CC(C(C)=CCC/C(C)=C/CO)S(C)(=O)=O. The van der Waals surface area contributed by atoms with Crippen LogP contribution in [0.1, 0.15) is 126 Å². The molecule has 0 aromatic carbocycles. The van der Waals surface area contributed by atoms with E-state index < -0.39 is 15.1 Å². The maximum Gasteiger partial charge on any atom is 0.154 e. The Bertz CT molecular complexity index is 1060. The van der Waals surface area contributed by atoms with Crippen molar-refractivity contribution in [1.29, 1.82) is 0 Å². The predicted molar refractivity (Wildman–Crippen MR) is 178 cm³/mol. The molecule has 0 spiro atoms. The molecule has 0 saturated heterocycles. The summed E-state index contributed by atoms with van der Waals surface area (Å²) in [6.45, 7) is 17.1. The van der Waals surface area contributed by atoms with Crippen LogP contribution in [-0.2, 0) is 9.84 Å². The molecule has 228 valence electrons. The third-order valence-corrected chi connectivity index (χ3v) is 8.93. The highest BCUT2D eigenvalue weighted by Gasteiger charge is 2.21. The van der Waals surface area contributed by atoms with Crippen LogP contribution in [-0.4, -0.2) is 31.6 Å². The molecule has 0 aromatic heterocycles. The van der Waals surface area contributed by atoms with E-state index in [2.05, 4.69) is 71.9 Å². The average Bonchev–Trinajstić information content (AvgIpc) is 2.83. The summed E-state index contributed by atoms with van der Waals surface area (Å²) >= 11 is 0. The van der Waals surface area contributed by atoms with Crippen molar-refractivity contribution >= 4 is 9.84 Å². The number of aliphatic hydroxyl groups is 1. The van der Waals surface area contributed by atoms with Gasteiger partial charge in [0, 0.05) is 6.26 Å². The van der Waals surface area contributed by atoms with E-state index in [9.17, 15) is 8.42 Å². The number of aliphatic hydroxyl groups excluding tert-OH is 1. The van der Waals surface area contributed by atoms with E-state index in [0.29, 0.717) is 6.42 Å². The largest absolute Gasteiger partial charge is 0.392 e. The maximum absolute atomic E-state index is 12.4. The van der Waals surface area contributed by atoms with E-state index in [1.807, 2.05) is 19.9 Å². The highest BCUT2D eigenvalue weighted by Crippen LogP contribution is 2.20. The first-order valence-corrected chi connectivity index (χ1v) is 17.1. The van der Waals surface area contributed by atoms with E-state index >= 15 is 0 Å². The van der Waals surface area contributed by atoms with Crippen molar-refractivity contribution in [2.45, 2.75) is 131 Å². The molecule has 0 heterocycles. The van der Waals surface area contributed by atoms with Crippen molar-refractivity contribution in [3.8, 4) is 0 Å². The number of hydrogen-bond donors (Lipinski definition) is 1. The van der Waals surface area contributed by atoms with Crippen LogP contribution in [0, 0.1) is 0 Å². The molecule has 0 bridgehead atoms. The number of sulfone groups is 1. The van der Waals surface area contributed by atoms with Crippen molar-refractivity contribution in [2.75, 3.05) is 12.9 Å². The quantitative estimate of drug-likeness (QED) is 0.148. The average molecular weight is 573 g/mol. The Labute approximate surface area is 248 Å². The van der Waals surface area contributed by atoms with Crippen molar-refractivity contribution in [1.82, 2.24) is 0 Å². The van der Waals surface area contributed by atoms with Crippen LogP contribution < -0.4 is 0 Å². The molecule has 0 fully saturated rings. The molecule has 0 radical (unpaired) electrons. The summed E-state index contributed by atoms with van der Waals surface area (Å²) in [5.41, 5.74) is 9.06. The topological polar surface area (TPSA) is 54.4 Å². The standard InChI is InChI=1S/C36H60O3S/c1-29(2)15-10-16-30(3)17-11-18-31(4)19-12-20-32(5)21-13-22-33(6)25-26-36(40(9,38)39)35(8)24-14-23-34(7)27-28-37/h15,17,19,21,24-25,27,36-37H,10-14,16,18,20,22-23,26,28H2,1-9H3/b30-17?,31-19?,32-21?,33-25+,34-27+,35-24?. The Morgan fingerprint density at radius 1 is 0.550 bits per heavy atom. The smallest absolute Gasteiger partial charge is 0.154 e. The van der Waals surface area contributed by atoms with Crippen molar-refractivity contribution in [2.24, 2.45) is 0 Å². The molecule has 1 unspecified atom stereocenters. The summed E-state index contributed by atoms with van der Waals surface area (Å²) < 4.78 is 24.9. The fourth-order valence-corrected chi connectivity index (χ4v) is 5.78. The van der Waals surface area contributed by atoms with Gasteiger partial charge in [0.25, 0.3) is 0 Å². The lowest BCUT2D eigenvalue weighted by molar-refractivity contribution is 0.341. The molecule has 0 aliphatic rings. The van der Waals surface area contributed by atoms with Gasteiger partial charge >= 0.3 is 0 Å². The minimum absolute atomic E-state index is 0.0471. The van der Waals surface area contributed by atoms with Crippen molar-refractivity contribution in [3.05, 3.63) is 81.5 Å². The Kier molecular flexibility index (Phi) is 20.7. The zero-order valence-corrected chi connectivity index (χ0v) is 28.1. The number of allylic oxidation sites excluding steroid dienone is 12. The molecule has 1 atom stereocenters. The maximum atomic E-state index is 12.4. The normalized spacial score (nSPS) is 15.4. The minimum atomic E-state index is -3.18. The minimum Gasteiger partial charge on any atom is -0.392 e. The van der Waals surface area contributed by atoms with Crippen LogP contribution in [0.4, 0.5) is 0 Å². The van der Waals surface area contributed by atoms with Gasteiger partial charge in [-0.15, -0.1) is 0 Å². The van der Waals surface area contributed by atoms with Gasteiger partial charge in [-0.3, -0.25) is 0 Å². The van der Waals surface area contributed by atoms with Gasteiger partial charge in [0.05, 0.1) is 11.9 Å². The zero-order valence-electron chi connectivity index (χ0n) is 27.3. The second-order valence-corrected chi connectivity index (χ2v) is 14.1. The molecule has 0 amide bonds. The zero-order chi connectivity index (χ0) is 30.6. The van der Waals surface area contributed by atoms with Gasteiger partial charge in [0.15, 0.2) is 9.84 Å². The van der Waals surface area contributed by atoms with Crippen LogP contribution >= 0.6 is 0 Å². The third-order valence-electron chi connectivity index (χ3n) is 7.34.